The van der Waals surface area contributed by atoms with E-state index in [1.807, 2.05) is 13.1 Å². The van der Waals surface area contributed by atoms with Crippen molar-refractivity contribution in [1.82, 2.24) is 5.32 Å². The van der Waals surface area contributed by atoms with Gasteiger partial charge in [-0.2, -0.15) is 0 Å². The van der Waals surface area contributed by atoms with Gasteiger partial charge in [-0.15, -0.1) is 0 Å². The summed E-state index contributed by atoms with van der Waals surface area (Å²) in [6.07, 6.45) is 4.34. The number of nitrogens with one attached hydrogen (secondary N) is 1. The van der Waals surface area contributed by atoms with Crippen LogP contribution in [0, 0.1) is 5.92 Å². The number of rotatable bonds is 3. The van der Waals surface area contributed by atoms with Gasteiger partial charge in [0.1, 0.15) is 0 Å². The van der Waals surface area contributed by atoms with E-state index in [9.17, 15) is 0 Å². The second-order valence-corrected chi connectivity index (χ2v) is 5.16. The Morgan fingerprint density at radius 1 is 1.44 bits per heavy atom. The smallest absolute Gasteiger partial charge is 0.0406 e. The van der Waals surface area contributed by atoms with E-state index in [1.54, 1.807) is 0 Å². The number of piperidine rings is 1. The van der Waals surface area contributed by atoms with Crippen LogP contribution in [0.4, 0.5) is 5.69 Å². The number of aliphatic imine (C=N–C) groups is 1. The molecule has 98 valence electrons. The molecule has 1 fully saturated rings. The van der Waals surface area contributed by atoms with Gasteiger partial charge in [0, 0.05) is 30.1 Å². The van der Waals surface area contributed by atoms with Gasteiger partial charge >= 0.3 is 0 Å². The number of nitrogens with two attached hydrogens (primary N) is 1. The van der Waals surface area contributed by atoms with E-state index >= 15 is 0 Å². The molecule has 0 amide bonds. The summed E-state index contributed by atoms with van der Waals surface area (Å²) in [6.45, 7) is 6.21. The number of nitrogens with zero attached hydrogens (tertiary/aromatic N) is 1. The molecule has 2 atom stereocenters. The Bertz CT molecular complexity index is 418. The Kier molecular flexibility index (Phi) is 4.37. The van der Waals surface area contributed by atoms with Crippen LogP contribution < -0.4 is 11.1 Å². The number of anilines is 1. The van der Waals surface area contributed by atoms with Gasteiger partial charge in [-0.05, 0) is 43.9 Å². The topological polar surface area (TPSA) is 50.4 Å². The van der Waals surface area contributed by atoms with Crippen LogP contribution in [0.5, 0.6) is 0 Å². The predicted octanol–water partition coefficient (Wildman–Crippen LogP) is 2.77. The Morgan fingerprint density at radius 2 is 2.28 bits per heavy atom. The number of hydrogen-bond acceptors (Lipinski definition) is 3. The maximum atomic E-state index is 6.08. The van der Waals surface area contributed by atoms with Crippen LogP contribution in [0.15, 0.2) is 23.2 Å². The summed E-state index contributed by atoms with van der Waals surface area (Å²) in [6, 6.07) is 6.79. The summed E-state index contributed by atoms with van der Waals surface area (Å²) in [5.74, 6) is 0.787. The minimum atomic E-state index is 0.459. The van der Waals surface area contributed by atoms with Gasteiger partial charge in [0.25, 0.3) is 0 Å². The van der Waals surface area contributed by atoms with Crippen LogP contribution in [0.3, 0.4) is 0 Å². The molecule has 0 saturated carbocycles. The molecule has 0 aromatic heterocycles. The van der Waals surface area contributed by atoms with Gasteiger partial charge in [0.05, 0.1) is 0 Å². The lowest BCUT2D eigenvalue weighted by Crippen LogP contribution is -2.31. The quantitative estimate of drug-likeness (QED) is 0.635. The summed E-state index contributed by atoms with van der Waals surface area (Å²) >= 11 is 0. The van der Waals surface area contributed by atoms with Crippen LogP contribution in [0.2, 0.25) is 0 Å². The Labute approximate surface area is 109 Å². The van der Waals surface area contributed by atoms with Crippen molar-refractivity contribution in [3.63, 3.8) is 0 Å². The number of benzene rings is 1. The fourth-order valence-electron chi connectivity index (χ4n) is 2.40. The standard InChI is InChI=1S/C15H23N3/c1-3-17-10-13-6-5-12(8-14(13)16)15-7-4-11(2)9-18-15/h5-6,8,10-11,15,18H,3-4,7,9,16H2,1-2H3/t11-,15+/m0/s1. The van der Waals surface area contributed by atoms with E-state index in [0.29, 0.717) is 6.04 Å². The fraction of sp³-hybridized carbons (Fsp3) is 0.533. The third kappa shape index (κ3) is 3.10. The Hall–Kier alpha value is -1.35. The third-order valence-corrected chi connectivity index (χ3v) is 3.59. The molecule has 1 aromatic carbocycles. The molecule has 3 nitrogen and oxygen atoms in total. The molecule has 1 heterocycles. The monoisotopic (exact) mass is 245 g/mol. The van der Waals surface area contributed by atoms with E-state index in [1.165, 1.54) is 18.4 Å². The molecular weight excluding hydrogens is 222 g/mol. The minimum absolute atomic E-state index is 0.459. The molecule has 0 radical (unpaired) electrons. The van der Waals surface area contributed by atoms with Crippen LogP contribution in [0.1, 0.15) is 43.9 Å². The van der Waals surface area contributed by atoms with Crippen LogP contribution in [-0.2, 0) is 0 Å². The lowest BCUT2D eigenvalue weighted by atomic mass is 9.91. The highest BCUT2D eigenvalue weighted by Crippen LogP contribution is 2.27. The minimum Gasteiger partial charge on any atom is -0.398 e. The van der Waals surface area contributed by atoms with E-state index in [2.05, 4.69) is 35.4 Å². The van der Waals surface area contributed by atoms with Crippen molar-refractivity contribution in [3.05, 3.63) is 29.3 Å². The highest BCUT2D eigenvalue weighted by Gasteiger charge is 2.19. The van der Waals surface area contributed by atoms with Crippen molar-refractivity contribution in [2.24, 2.45) is 10.9 Å². The highest BCUT2D eigenvalue weighted by molar-refractivity contribution is 5.87. The summed E-state index contributed by atoms with van der Waals surface area (Å²) in [5.41, 5.74) is 9.22. The number of nitrogen functional groups attached to an aromatic ring is 1. The van der Waals surface area contributed by atoms with Gasteiger partial charge < -0.3 is 11.1 Å². The Balaban J connectivity index is 2.11. The molecule has 0 unspecified atom stereocenters. The molecule has 0 aliphatic carbocycles. The SMILES string of the molecule is CCN=Cc1ccc([C@H]2CC[C@H](C)CN2)cc1N. The van der Waals surface area contributed by atoms with Gasteiger partial charge in [-0.25, -0.2) is 0 Å². The van der Waals surface area contributed by atoms with Crippen molar-refractivity contribution < 1.29 is 0 Å². The first-order valence-corrected chi connectivity index (χ1v) is 6.83. The highest BCUT2D eigenvalue weighted by atomic mass is 14.9. The van der Waals surface area contributed by atoms with E-state index in [-0.39, 0.29) is 0 Å². The molecule has 0 bridgehead atoms. The fourth-order valence-corrected chi connectivity index (χ4v) is 2.40. The normalized spacial score (nSPS) is 24.6. The van der Waals surface area contributed by atoms with E-state index in [0.717, 1.165) is 30.3 Å². The molecule has 1 aliphatic rings. The average Bonchev–Trinajstić information content (AvgIpc) is 2.38. The molecule has 1 aliphatic heterocycles. The van der Waals surface area contributed by atoms with Crippen LogP contribution >= 0.6 is 0 Å². The summed E-state index contributed by atoms with van der Waals surface area (Å²) in [7, 11) is 0. The molecule has 0 spiro atoms. The van der Waals surface area contributed by atoms with Crippen LogP contribution in [0.25, 0.3) is 0 Å². The maximum Gasteiger partial charge on any atom is 0.0406 e. The second-order valence-electron chi connectivity index (χ2n) is 5.16. The zero-order valence-corrected chi connectivity index (χ0v) is 11.3. The third-order valence-electron chi connectivity index (χ3n) is 3.59. The first-order valence-electron chi connectivity index (χ1n) is 6.83. The van der Waals surface area contributed by atoms with Crippen LogP contribution in [-0.4, -0.2) is 19.3 Å². The average molecular weight is 245 g/mol. The first-order chi connectivity index (χ1) is 8.70. The van der Waals surface area contributed by atoms with Crippen molar-refractivity contribution in [2.75, 3.05) is 18.8 Å². The van der Waals surface area contributed by atoms with Gasteiger partial charge in [-0.1, -0.05) is 19.1 Å². The van der Waals surface area contributed by atoms with Crippen molar-refractivity contribution in [2.45, 2.75) is 32.7 Å². The first kappa shape index (κ1) is 13.1. The van der Waals surface area contributed by atoms with E-state index in [4.69, 9.17) is 5.73 Å². The molecule has 3 N–H and O–H groups in total. The predicted molar refractivity (Wildman–Crippen MR) is 78.1 cm³/mol. The van der Waals surface area contributed by atoms with Gasteiger partial charge in [-0.3, -0.25) is 4.99 Å². The lowest BCUT2D eigenvalue weighted by Gasteiger charge is -2.28. The molecule has 3 heteroatoms. The Morgan fingerprint density at radius 3 is 2.89 bits per heavy atom. The summed E-state index contributed by atoms with van der Waals surface area (Å²) in [4.78, 5) is 4.23. The van der Waals surface area contributed by atoms with Crippen molar-refractivity contribution in [3.8, 4) is 0 Å². The lowest BCUT2D eigenvalue weighted by molar-refractivity contribution is 0.333. The van der Waals surface area contributed by atoms with Crippen molar-refractivity contribution >= 4 is 11.9 Å². The zero-order chi connectivity index (χ0) is 13.0. The summed E-state index contributed by atoms with van der Waals surface area (Å²) < 4.78 is 0. The van der Waals surface area contributed by atoms with E-state index < -0.39 is 0 Å². The molecule has 18 heavy (non-hydrogen) atoms. The summed E-state index contributed by atoms with van der Waals surface area (Å²) in [5, 5.41) is 3.59. The maximum absolute atomic E-state index is 6.08. The largest absolute Gasteiger partial charge is 0.398 e. The molecule has 2 rings (SSSR count). The number of hydrogen-bond donors (Lipinski definition) is 2. The molecule has 1 aromatic rings. The second kappa shape index (κ2) is 6.01. The zero-order valence-electron chi connectivity index (χ0n) is 11.3. The van der Waals surface area contributed by atoms with Gasteiger partial charge in [0.15, 0.2) is 0 Å². The molecular formula is C15H23N3. The van der Waals surface area contributed by atoms with Gasteiger partial charge in [0.2, 0.25) is 0 Å². The molecule has 1 saturated heterocycles. The van der Waals surface area contributed by atoms with Crippen molar-refractivity contribution in [1.29, 1.82) is 0 Å².